The zero-order chi connectivity index (χ0) is 14.2. The van der Waals surface area contributed by atoms with E-state index in [1.54, 1.807) is 0 Å². The van der Waals surface area contributed by atoms with Crippen LogP contribution in [0.3, 0.4) is 0 Å². The maximum Gasteiger partial charge on any atom is 0.141 e. The molecular weight excluding hydrogens is 277 g/mol. The Morgan fingerprint density at radius 2 is 1.68 bits per heavy atom. The highest BCUT2D eigenvalue weighted by atomic mass is 35.5. The van der Waals surface area contributed by atoms with Gasteiger partial charge in [-0.2, -0.15) is 0 Å². The van der Waals surface area contributed by atoms with Gasteiger partial charge in [0.2, 0.25) is 0 Å². The van der Waals surface area contributed by atoms with Gasteiger partial charge in [-0.25, -0.2) is 13.2 Å². The first kappa shape index (κ1) is 13.9. The standard InChI is InChI=1S/C14H10ClF3O/c1-7-4-13(18)9(6-12(7)17)14(19)8-2-3-11(16)10(15)5-8/h2-6,14,19H,1H3. The van der Waals surface area contributed by atoms with Gasteiger partial charge in [0.1, 0.15) is 23.6 Å². The fourth-order valence-electron chi connectivity index (χ4n) is 1.73. The first-order chi connectivity index (χ1) is 8.90. The summed E-state index contributed by atoms with van der Waals surface area (Å²) in [5.41, 5.74) is 0.116. The Morgan fingerprint density at radius 1 is 1.00 bits per heavy atom. The molecule has 0 saturated heterocycles. The van der Waals surface area contributed by atoms with Crippen LogP contribution in [-0.4, -0.2) is 5.11 Å². The van der Waals surface area contributed by atoms with Gasteiger partial charge >= 0.3 is 0 Å². The summed E-state index contributed by atoms with van der Waals surface area (Å²) >= 11 is 5.59. The monoisotopic (exact) mass is 286 g/mol. The fraction of sp³-hybridized carbons (Fsp3) is 0.143. The summed E-state index contributed by atoms with van der Waals surface area (Å²) in [5, 5.41) is 9.83. The third-order valence-corrected chi connectivity index (χ3v) is 3.12. The highest BCUT2D eigenvalue weighted by Gasteiger charge is 2.18. The van der Waals surface area contributed by atoms with Gasteiger partial charge in [-0.15, -0.1) is 0 Å². The van der Waals surface area contributed by atoms with Crippen molar-refractivity contribution in [3.8, 4) is 0 Å². The predicted molar refractivity (Wildman–Crippen MR) is 66.6 cm³/mol. The second-order valence-corrected chi connectivity index (χ2v) is 4.61. The van der Waals surface area contributed by atoms with Crippen LogP contribution >= 0.6 is 11.6 Å². The second-order valence-electron chi connectivity index (χ2n) is 4.20. The molecular formula is C14H10ClF3O. The van der Waals surface area contributed by atoms with E-state index in [2.05, 4.69) is 0 Å². The molecule has 0 heterocycles. The van der Waals surface area contributed by atoms with Crippen molar-refractivity contribution in [3.05, 3.63) is 69.5 Å². The van der Waals surface area contributed by atoms with Gasteiger partial charge in [-0.3, -0.25) is 0 Å². The van der Waals surface area contributed by atoms with Gasteiger partial charge in [0.15, 0.2) is 0 Å². The summed E-state index contributed by atoms with van der Waals surface area (Å²) in [6.07, 6.45) is -1.41. The number of halogens is 4. The van der Waals surface area contributed by atoms with Gasteiger partial charge in [-0.05, 0) is 42.3 Å². The number of aryl methyl sites for hydroxylation is 1. The Kier molecular flexibility index (Phi) is 3.83. The molecule has 1 unspecified atom stereocenters. The van der Waals surface area contributed by atoms with Crippen LogP contribution < -0.4 is 0 Å². The molecule has 0 aromatic heterocycles. The lowest BCUT2D eigenvalue weighted by atomic mass is 9.99. The van der Waals surface area contributed by atoms with E-state index >= 15 is 0 Å². The van der Waals surface area contributed by atoms with E-state index in [9.17, 15) is 18.3 Å². The molecule has 2 rings (SSSR count). The average Bonchev–Trinajstić information content (AvgIpc) is 2.36. The van der Waals surface area contributed by atoms with Crippen molar-refractivity contribution >= 4 is 11.6 Å². The van der Waals surface area contributed by atoms with Crippen LogP contribution in [0.25, 0.3) is 0 Å². The first-order valence-corrected chi connectivity index (χ1v) is 5.86. The number of benzene rings is 2. The van der Waals surface area contributed by atoms with Crippen LogP contribution in [0.2, 0.25) is 5.02 Å². The van der Waals surface area contributed by atoms with Gasteiger partial charge in [0.05, 0.1) is 5.02 Å². The molecule has 0 fully saturated rings. The minimum Gasteiger partial charge on any atom is -0.384 e. The van der Waals surface area contributed by atoms with Crippen molar-refractivity contribution in [2.45, 2.75) is 13.0 Å². The van der Waals surface area contributed by atoms with Gasteiger partial charge in [0.25, 0.3) is 0 Å². The van der Waals surface area contributed by atoms with Crippen LogP contribution in [0.15, 0.2) is 30.3 Å². The van der Waals surface area contributed by atoms with Crippen LogP contribution in [0.4, 0.5) is 13.2 Å². The molecule has 0 amide bonds. The van der Waals surface area contributed by atoms with Crippen molar-refractivity contribution in [1.29, 1.82) is 0 Å². The van der Waals surface area contributed by atoms with Gasteiger partial charge < -0.3 is 5.11 Å². The highest BCUT2D eigenvalue weighted by Crippen LogP contribution is 2.28. The quantitative estimate of drug-likeness (QED) is 0.879. The lowest BCUT2D eigenvalue weighted by Crippen LogP contribution is -2.04. The summed E-state index contributed by atoms with van der Waals surface area (Å²) in [6, 6.07) is 5.43. The number of hydrogen-bond donors (Lipinski definition) is 1. The van der Waals surface area contributed by atoms with Crippen molar-refractivity contribution in [3.63, 3.8) is 0 Å². The molecule has 0 spiro atoms. The molecule has 19 heavy (non-hydrogen) atoms. The molecule has 5 heteroatoms. The lowest BCUT2D eigenvalue weighted by Gasteiger charge is -2.14. The van der Waals surface area contributed by atoms with Gasteiger partial charge in [0, 0.05) is 5.56 Å². The van der Waals surface area contributed by atoms with E-state index in [0.717, 1.165) is 18.2 Å². The molecule has 100 valence electrons. The zero-order valence-corrected chi connectivity index (χ0v) is 10.7. The number of rotatable bonds is 2. The Labute approximate surface area is 113 Å². The molecule has 0 radical (unpaired) electrons. The normalized spacial score (nSPS) is 12.5. The molecule has 0 aliphatic rings. The SMILES string of the molecule is Cc1cc(F)c(C(O)c2ccc(F)c(Cl)c2)cc1F. The minimum absolute atomic E-state index is 0.144. The van der Waals surface area contributed by atoms with E-state index in [-0.39, 0.29) is 21.7 Å². The maximum absolute atomic E-state index is 13.7. The molecule has 0 saturated carbocycles. The molecule has 0 aliphatic carbocycles. The number of hydrogen-bond acceptors (Lipinski definition) is 1. The van der Waals surface area contributed by atoms with Crippen LogP contribution in [0, 0.1) is 24.4 Å². The van der Waals surface area contributed by atoms with Crippen LogP contribution in [0.5, 0.6) is 0 Å². The van der Waals surface area contributed by atoms with E-state index in [4.69, 9.17) is 11.6 Å². The summed E-state index contributed by atoms with van der Waals surface area (Å²) in [7, 11) is 0. The first-order valence-electron chi connectivity index (χ1n) is 5.48. The Hall–Kier alpha value is -1.52. The topological polar surface area (TPSA) is 20.2 Å². The predicted octanol–water partition coefficient (Wildman–Crippen LogP) is 4.15. The Morgan fingerprint density at radius 3 is 2.32 bits per heavy atom. The highest BCUT2D eigenvalue weighted by molar-refractivity contribution is 6.30. The van der Waals surface area contributed by atoms with E-state index in [1.807, 2.05) is 0 Å². The Balaban J connectivity index is 2.46. The molecule has 1 nitrogen and oxygen atoms in total. The van der Waals surface area contributed by atoms with E-state index in [1.165, 1.54) is 19.1 Å². The van der Waals surface area contributed by atoms with E-state index < -0.39 is 23.6 Å². The molecule has 2 aromatic carbocycles. The van der Waals surface area contributed by atoms with Crippen LogP contribution in [0.1, 0.15) is 22.8 Å². The fourth-order valence-corrected chi connectivity index (χ4v) is 1.92. The smallest absolute Gasteiger partial charge is 0.141 e. The van der Waals surface area contributed by atoms with Gasteiger partial charge in [-0.1, -0.05) is 17.7 Å². The van der Waals surface area contributed by atoms with Crippen molar-refractivity contribution in [2.75, 3.05) is 0 Å². The lowest BCUT2D eigenvalue weighted by molar-refractivity contribution is 0.214. The second kappa shape index (κ2) is 5.23. The van der Waals surface area contributed by atoms with Crippen LogP contribution in [-0.2, 0) is 0 Å². The zero-order valence-electron chi connectivity index (χ0n) is 9.92. The summed E-state index contributed by atoms with van der Waals surface area (Å²) in [4.78, 5) is 0. The molecule has 1 N–H and O–H groups in total. The average molecular weight is 287 g/mol. The molecule has 0 aliphatic heterocycles. The Bertz CT molecular complexity index is 628. The summed E-state index contributed by atoms with van der Waals surface area (Å²) in [6.45, 7) is 1.42. The molecule has 0 bridgehead atoms. The van der Waals surface area contributed by atoms with Crippen molar-refractivity contribution in [1.82, 2.24) is 0 Å². The van der Waals surface area contributed by atoms with Crippen molar-refractivity contribution in [2.24, 2.45) is 0 Å². The maximum atomic E-state index is 13.7. The van der Waals surface area contributed by atoms with Crippen molar-refractivity contribution < 1.29 is 18.3 Å². The third-order valence-electron chi connectivity index (χ3n) is 2.83. The summed E-state index contributed by atoms with van der Waals surface area (Å²) < 4.78 is 40.1. The summed E-state index contributed by atoms with van der Waals surface area (Å²) in [5.74, 6) is -2.00. The van der Waals surface area contributed by atoms with E-state index in [0.29, 0.717) is 0 Å². The number of aliphatic hydroxyl groups excluding tert-OH is 1. The minimum atomic E-state index is -1.41. The third kappa shape index (κ3) is 2.74. The molecule has 1 atom stereocenters. The number of aliphatic hydroxyl groups is 1. The largest absolute Gasteiger partial charge is 0.384 e. The molecule has 2 aromatic rings.